The molecule has 1 aromatic heterocycles. The number of aromatic nitrogens is 1. The van der Waals surface area contributed by atoms with Crippen LogP contribution < -0.4 is 4.90 Å². The van der Waals surface area contributed by atoms with Crippen LogP contribution >= 0.6 is 11.8 Å². The molecule has 3 unspecified atom stereocenters. The van der Waals surface area contributed by atoms with Crippen LogP contribution in [0, 0.1) is 11.3 Å². The van der Waals surface area contributed by atoms with Crippen LogP contribution in [-0.2, 0) is 4.79 Å². The van der Waals surface area contributed by atoms with Crippen LogP contribution in [0.2, 0.25) is 0 Å². The van der Waals surface area contributed by atoms with Crippen LogP contribution in [0.3, 0.4) is 0 Å². The first-order valence-corrected chi connectivity index (χ1v) is 12.3. The Labute approximate surface area is 202 Å². The molecule has 0 saturated carbocycles. The summed E-state index contributed by atoms with van der Waals surface area (Å²) in [7, 11) is 1.78. The molecule has 2 heterocycles. The number of likely N-dealkylation sites (N-methyl/N-ethyl adjacent to an activating group) is 1. The van der Waals surface area contributed by atoms with Gasteiger partial charge in [-0.05, 0) is 41.6 Å². The van der Waals surface area contributed by atoms with Gasteiger partial charge < -0.3 is 4.90 Å². The second kappa shape index (κ2) is 8.85. The molecule has 1 aliphatic rings. The Hall–Kier alpha value is -3.82. The van der Waals surface area contributed by atoms with Gasteiger partial charge in [-0.2, -0.15) is 17.0 Å². The first-order valence-electron chi connectivity index (χ1n) is 11.1. The molecule has 1 amide bonds. The van der Waals surface area contributed by atoms with E-state index in [0.717, 1.165) is 27.7 Å². The fourth-order valence-corrected chi connectivity index (χ4v) is 5.97. The van der Waals surface area contributed by atoms with E-state index >= 15 is 0 Å². The topological polar surface area (TPSA) is 66.1 Å². The Kier molecular flexibility index (Phi) is 5.72. The zero-order chi connectivity index (χ0) is 23.8. The third kappa shape index (κ3) is 3.41. The Morgan fingerprint density at radius 1 is 1.00 bits per heavy atom. The molecule has 0 fully saturated rings. The third-order valence-corrected chi connectivity index (χ3v) is 7.70. The number of hydrogen-bond acceptors (Lipinski definition) is 4. The smallest absolute Gasteiger partial charge is 0.262 e. The van der Waals surface area contributed by atoms with E-state index in [4.69, 9.17) is 0 Å². The quantitative estimate of drug-likeness (QED) is 0.394. The number of rotatable bonds is 5. The largest absolute Gasteiger partial charge is 0.315 e. The summed E-state index contributed by atoms with van der Waals surface area (Å²) in [4.78, 5) is 28.4. The molecule has 3 aromatic carbocycles. The third-order valence-electron chi connectivity index (χ3n) is 6.62. The standard InChI is InChI=1S/C28H23N3O2S/c1-30-23-14-8-7-13-20(23)25(28(30)33)26(34-2)21(16-29)22-17-31(24-15-9-6-12-19(22)24)27(32)18-10-4-3-5-11-18/h3-15,17,21,25-26H,1-2H3. The number of anilines is 1. The van der Waals surface area contributed by atoms with Crippen molar-refractivity contribution in [2.24, 2.45) is 0 Å². The second-order valence-corrected chi connectivity index (χ2v) is 9.40. The molecule has 5 rings (SSSR count). The minimum absolute atomic E-state index is 0.00935. The molecule has 0 radical (unpaired) electrons. The molecule has 5 nitrogen and oxygen atoms in total. The van der Waals surface area contributed by atoms with Crippen LogP contribution in [0.1, 0.15) is 33.3 Å². The normalized spacial score (nSPS) is 16.8. The Balaban J connectivity index is 1.64. The lowest BCUT2D eigenvalue weighted by Crippen LogP contribution is -2.32. The van der Waals surface area contributed by atoms with E-state index in [2.05, 4.69) is 6.07 Å². The summed E-state index contributed by atoms with van der Waals surface area (Å²) in [5.41, 5.74) is 3.92. The minimum atomic E-state index is -0.585. The number of thioether (sulfide) groups is 1. The lowest BCUT2D eigenvalue weighted by Gasteiger charge is -2.25. The summed E-state index contributed by atoms with van der Waals surface area (Å²) in [5, 5.41) is 10.9. The van der Waals surface area contributed by atoms with Crippen LogP contribution in [0.5, 0.6) is 0 Å². The highest BCUT2D eigenvalue weighted by Gasteiger charge is 2.44. The van der Waals surface area contributed by atoms with Gasteiger partial charge in [-0.3, -0.25) is 14.2 Å². The molecule has 34 heavy (non-hydrogen) atoms. The van der Waals surface area contributed by atoms with Gasteiger partial charge >= 0.3 is 0 Å². The maximum absolute atomic E-state index is 13.4. The number of benzene rings is 3. The average molecular weight is 466 g/mol. The van der Waals surface area contributed by atoms with E-state index in [0.29, 0.717) is 5.56 Å². The summed E-state index contributed by atoms with van der Waals surface area (Å²) in [6.45, 7) is 0. The molecule has 0 aliphatic carbocycles. The molecule has 1 aliphatic heterocycles. The van der Waals surface area contributed by atoms with Crippen molar-refractivity contribution in [1.82, 2.24) is 4.57 Å². The predicted octanol–water partition coefficient (Wildman–Crippen LogP) is 5.43. The van der Waals surface area contributed by atoms with Gasteiger partial charge in [-0.15, -0.1) is 0 Å². The van der Waals surface area contributed by atoms with Crippen molar-refractivity contribution in [2.75, 3.05) is 18.2 Å². The number of amides is 1. The fraction of sp³-hybridized carbons (Fsp3) is 0.179. The number of nitrogens with zero attached hydrogens (tertiary/aromatic N) is 3. The maximum Gasteiger partial charge on any atom is 0.262 e. The van der Waals surface area contributed by atoms with Crippen LogP contribution in [0.25, 0.3) is 10.9 Å². The molecule has 168 valence electrons. The zero-order valence-electron chi connectivity index (χ0n) is 18.9. The van der Waals surface area contributed by atoms with Crippen LogP contribution in [0.15, 0.2) is 85.1 Å². The number of carbonyl (C=O) groups excluding carboxylic acids is 2. The van der Waals surface area contributed by atoms with E-state index in [-0.39, 0.29) is 17.1 Å². The van der Waals surface area contributed by atoms with Crippen molar-refractivity contribution in [3.05, 3.63) is 102 Å². The molecule has 6 heteroatoms. The molecule has 3 atom stereocenters. The average Bonchev–Trinajstić information content (AvgIpc) is 3.38. The number of fused-ring (bicyclic) bond motifs is 2. The molecule has 0 N–H and O–H groups in total. The van der Waals surface area contributed by atoms with E-state index in [9.17, 15) is 14.9 Å². The number of carbonyl (C=O) groups is 2. The van der Waals surface area contributed by atoms with Gasteiger partial charge in [-0.25, -0.2) is 0 Å². The first-order chi connectivity index (χ1) is 16.6. The summed E-state index contributed by atoms with van der Waals surface area (Å²) in [5.74, 6) is -1.18. The van der Waals surface area contributed by atoms with E-state index < -0.39 is 11.8 Å². The summed E-state index contributed by atoms with van der Waals surface area (Å²) in [6, 6.07) is 27.0. The molecule has 0 spiro atoms. The highest BCUT2D eigenvalue weighted by atomic mass is 32.2. The van der Waals surface area contributed by atoms with Crippen molar-refractivity contribution in [1.29, 1.82) is 5.26 Å². The van der Waals surface area contributed by atoms with Crippen molar-refractivity contribution in [3.63, 3.8) is 0 Å². The van der Waals surface area contributed by atoms with Gasteiger partial charge in [0.1, 0.15) is 0 Å². The molecule has 0 saturated heterocycles. The van der Waals surface area contributed by atoms with Gasteiger partial charge in [0.25, 0.3) is 5.91 Å². The fourth-order valence-electron chi connectivity index (χ4n) is 4.96. The summed E-state index contributed by atoms with van der Waals surface area (Å²) < 4.78 is 1.62. The number of hydrogen-bond donors (Lipinski definition) is 0. The highest BCUT2D eigenvalue weighted by molar-refractivity contribution is 7.99. The van der Waals surface area contributed by atoms with E-state index in [1.165, 1.54) is 11.8 Å². The molecule has 0 bridgehead atoms. The van der Waals surface area contributed by atoms with E-state index in [1.807, 2.05) is 73.0 Å². The van der Waals surface area contributed by atoms with Crippen molar-refractivity contribution in [2.45, 2.75) is 17.1 Å². The lowest BCUT2D eigenvalue weighted by atomic mass is 9.85. The van der Waals surface area contributed by atoms with Gasteiger partial charge in [-0.1, -0.05) is 54.6 Å². The van der Waals surface area contributed by atoms with Gasteiger partial charge in [0, 0.05) is 35.1 Å². The zero-order valence-corrected chi connectivity index (χ0v) is 19.7. The molecular weight excluding hydrogens is 442 g/mol. The van der Waals surface area contributed by atoms with Gasteiger partial charge in [0.05, 0.1) is 23.4 Å². The second-order valence-electron chi connectivity index (χ2n) is 8.38. The summed E-state index contributed by atoms with van der Waals surface area (Å²) >= 11 is 1.52. The Morgan fingerprint density at radius 2 is 1.68 bits per heavy atom. The van der Waals surface area contributed by atoms with Gasteiger partial charge in [0.2, 0.25) is 5.91 Å². The first kappa shape index (κ1) is 22.0. The van der Waals surface area contributed by atoms with Crippen LogP contribution in [0.4, 0.5) is 5.69 Å². The summed E-state index contributed by atoms with van der Waals surface area (Å²) in [6.07, 6.45) is 3.73. The lowest BCUT2D eigenvalue weighted by molar-refractivity contribution is -0.119. The van der Waals surface area contributed by atoms with Crippen LogP contribution in [-0.4, -0.2) is 34.9 Å². The Morgan fingerprint density at radius 3 is 2.41 bits per heavy atom. The molecular formula is C28H23N3O2S. The van der Waals surface area contributed by atoms with Gasteiger partial charge in [0.15, 0.2) is 0 Å². The molecule has 4 aromatic rings. The van der Waals surface area contributed by atoms with E-state index in [1.54, 1.807) is 34.8 Å². The number of para-hydroxylation sites is 2. The predicted molar refractivity (Wildman–Crippen MR) is 136 cm³/mol. The maximum atomic E-state index is 13.4. The monoisotopic (exact) mass is 465 g/mol. The Bertz CT molecular complexity index is 1440. The van der Waals surface area contributed by atoms with Crippen molar-refractivity contribution < 1.29 is 9.59 Å². The highest BCUT2D eigenvalue weighted by Crippen LogP contribution is 2.47. The minimum Gasteiger partial charge on any atom is -0.315 e. The number of nitriles is 1. The van der Waals surface area contributed by atoms with Crippen molar-refractivity contribution in [3.8, 4) is 6.07 Å². The SMILES string of the molecule is CSC(C(C#N)c1cn(C(=O)c2ccccc2)c2ccccc12)C1C(=O)N(C)c2ccccc21. The van der Waals surface area contributed by atoms with Crippen molar-refractivity contribution >= 4 is 40.2 Å².